The minimum atomic E-state index is -0.745. The van der Waals surface area contributed by atoms with Crippen LogP contribution in [0.1, 0.15) is 0 Å². The highest BCUT2D eigenvalue weighted by Crippen LogP contribution is 1.94. The summed E-state index contributed by atoms with van der Waals surface area (Å²) in [4.78, 5) is 15.5. The van der Waals surface area contributed by atoms with Gasteiger partial charge in [0, 0.05) is 20.2 Å². The molecule has 0 saturated heterocycles. The van der Waals surface area contributed by atoms with E-state index in [0.717, 1.165) is 6.08 Å². The molecule has 0 rings (SSSR count). The minimum absolute atomic E-state index is 0.167. The van der Waals surface area contributed by atoms with E-state index in [1.807, 2.05) is 0 Å². The predicted molar refractivity (Wildman–Crippen MR) is 42.1 cm³/mol. The van der Waals surface area contributed by atoms with Gasteiger partial charge in [0.1, 0.15) is 6.61 Å². The first-order valence-corrected chi connectivity index (χ1v) is 3.39. The highest BCUT2D eigenvalue weighted by atomic mass is 16.8. The van der Waals surface area contributed by atoms with E-state index in [-0.39, 0.29) is 6.61 Å². The molecule has 12 heavy (non-hydrogen) atoms. The molecule has 0 fully saturated rings. The average molecular weight is 175 g/mol. The molecule has 0 spiro atoms. The van der Waals surface area contributed by atoms with Gasteiger partial charge in [-0.3, -0.25) is 4.84 Å². The van der Waals surface area contributed by atoms with E-state index in [2.05, 4.69) is 12.1 Å². The van der Waals surface area contributed by atoms with Crippen molar-refractivity contribution in [2.24, 2.45) is 0 Å². The van der Waals surface area contributed by atoms with Crippen molar-refractivity contribution in [2.45, 2.75) is 6.29 Å². The third-order valence-corrected chi connectivity index (χ3v) is 0.966. The van der Waals surface area contributed by atoms with Crippen molar-refractivity contribution in [1.82, 2.24) is 5.48 Å². The number of methoxy groups -OCH3 is 1. The van der Waals surface area contributed by atoms with E-state index in [1.165, 1.54) is 7.11 Å². The van der Waals surface area contributed by atoms with Crippen LogP contribution < -0.4 is 5.48 Å². The first-order chi connectivity index (χ1) is 5.74. The van der Waals surface area contributed by atoms with Gasteiger partial charge in [-0.05, 0) is 0 Å². The standard InChI is InChI=1S/C7H13NO4/c1-4-6(9)11-7(5-10-3)12-8-2/h4,7-8H,1,5H2,2-3H3. The Morgan fingerprint density at radius 1 is 1.75 bits per heavy atom. The van der Waals surface area contributed by atoms with Crippen LogP contribution in [0.25, 0.3) is 0 Å². The van der Waals surface area contributed by atoms with Crippen LogP contribution in [0.2, 0.25) is 0 Å². The van der Waals surface area contributed by atoms with Crippen LogP contribution in [0.5, 0.6) is 0 Å². The van der Waals surface area contributed by atoms with E-state index in [0.29, 0.717) is 0 Å². The Morgan fingerprint density at radius 3 is 2.83 bits per heavy atom. The maximum absolute atomic E-state index is 10.7. The largest absolute Gasteiger partial charge is 0.428 e. The molecule has 0 aromatic heterocycles. The fraction of sp³-hybridized carbons (Fsp3) is 0.571. The molecular weight excluding hydrogens is 162 g/mol. The number of carbonyl (C=O) groups excluding carboxylic acids is 1. The highest BCUT2D eigenvalue weighted by molar-refractivity contribution is 5.81. The van der Waals surface area contributed by atoms with E-state index >= 15 is 0 Å². The topological polar surface area (TPSA) is 56.8 Å². The van der Waals surface area contributed by atoms with Crippen LogP contribution in [0.4, 0.5) is 0 Å². The van der Waals surface area contributed by atoms with Gasteiger partial charge in [-0.15, -0.1) is 0 Å². The molecule has 0 radical (unpaired) electrons. The molecule has 0 heterocycles. The van der Waals surface area contributed by atoms with Crippen molar-refractivity contribution >= 4 is 5.97 Å². The van der Waals surface area contributed by atoms with Crippen molar-refractivity contribution in [3.8, 4) is 0 Å². The van der Waals surface area contributed by atoms with E-state index in [4.69, 9.17) is 14.3 Å². The molecule has 0 aliphatic rings. The lowest BCUT2D eigenvalue weighted by molar-refractivity contribution is -0.199. The Hall–Kier alpha value is -0.910. The smallest absolute Gasteiger partial charge is 0.332 e. The van der Waals surface area contributed by atoms with Crippen molar-refractivity contribution < 1.29 is 19.1 Å². The summed E-state index contributed by atoms with van der Waals surface area (Å²) < 4.78 is 9.44. The molecule has 0 aromatic carbocycles. The number of hydrogen-bond donors (Lipinski definition) is 1. The van der Waals surface area contributed by atoms with Gasteiger partial charge in [0.25, 0.3) is 0 Å². The summed E-state index contributed by atoms with van der Waals surface area (Å²) in [6, 6.07) is 0. The third kappa shape index (κ3) is 4.84. The lowest BCUT2D eigenvalue weighted by Crippen LogP contribution is -2.29. The molecule has 0 bridgehead atoms. The Bertz CT molecular complexity index is 142. The van der Waals surface area contributed by atoms with Crippen molar-refractivity contribution in [2.75, 3.05) is 20.8 Å². The first-order valence-electron chi connectivity index (χ1n) is 3.39. The van der Waals surface area contributed by atoms with Crippen LogP contribution >= 0.6 is 0 Å². The fourth-order valence-electron chi connectivity index (χ4n) is 0.537. The van der Waals surface area contributed by atoms with Crippen molar-refractivity contribution in [3.05, 3.63) is 12.7 Å². The fourth-order valence-corrected chi connectivity index (χ4v) is 0.537. The van der Waals surface area contributed by atoms with Crippen LogP contribution in [-0.4, -0.2) is 33.0 Å². The Balaban J connectivity index is 3.76. The van der Waals surface area contributed by atoms with Crippen LogP contribution in [0, 0.1) is 0 Å². The number of hydroxylamine groups is 1. The molecule has 0 aliphatic carbocycles. The summed E-state index contributed by atoms with van der Waals surface area (Å²) >= 11 is 0. The first kappa shape index (κ1) is 11.1. The predicted octanol–water partition coefficient (Wildman–Crippen LogP) is -0.161. The second kappa shape index (κ2) is 6.78. The third-order valence-electron chi connectivity index (χ3n) is 0.966. The number of nitrogens with one attached hydrogen (secondary N) is 1. The number of carbonyl (C=O) groups is 1. The van der Waals surface area contributed by atoms with Gasteiger partial charge in [-0.1, -0.05) is 6.58 Å². The maximum Gasteiger partial charge on any atom is 0.332 e. The monoisotopic (exact) mass is 175 g/mol. The average Bonchev–Trinajstić information content (AvgIpc) is 2.05. The molecule has 1 unspecified atom stereocenters. The van der Waals surface area contributed by atoms with Gasteiger partial charge < -0.3 is 9.47 Å². The van der Waals surface area contributed by atoms with Gasteiger partial charge in [0.15, 0.2) is 0 Å². The second-order valence-corrected chi connectivity index (χ2v) is 1.85. The maximum atomic E-state index is 10.7. The normalized spacial score (nSPS) is 12.2. The molecule has 1 N–H and O–H groups in total. The summed E-state index contributed by atoms with van der Waals surface area (Å²) in [6.45, 7) is 3.41. The molecule has 0 saturated carbocycles. The zero-order valence-corrected chi connectivity index (χ0v) is 7.20. The quantitative estimate of drug-likeness (QED) is 0.263. The lowest BCUT2D eigenvalue weighted by atomic mass is 10.6. The minimum Gasteiger partial charge on any atom is -0.428 e. The van der Waals surface area contributed by atoms with Crippen molar-refractivity contribution in [3.63, 3.8) is 0 Å². The van der Waals surface area contributed by atoms with Gasteiger partial charge in [0.2, 0.25) is 6.29 Å². The summed E-state index contributed by atoms with van der Waals surface area (Å²) in [7, 11) is 3.04. The number of ether oxygens (including phenoxy) is 2. The Kier molecular flexibility index (Phi) is 6.26. The molecule has 5 nitrogen and oxygen atoms in total. The summed E-state index contributed by atoms with van der Waals surface area (Å²) in [5.74, 6) is -0.549. The molecular formula is C7H13NO4. The van der Waals surface area contributed by atoms with Crippen LogP contribution in [0.15, 0.2) is 12.7 Å². The Labute approximate surface area is 71.2 Å². The molecule has 70 valence electrons. The summed E-state index contributed by atoms with van der Waals surface area (Å²) in [5.41, 5.74) is 2.39. The molecule has 5 heteroatoms. The lowest BCUT2D eigenvalue weighted by Gasteiger charge is -2.14. The number of rotatable bonds is 6. The second-order valence-electron chi connectivity index (χ2n) is 1.85. The van der Waals surface area contributed by atoms with Crippen LogP contribution in [0.3, 0.4) is 0 Å². The van der Waals surface area contributed by atoms with E-state index in [9.17, 15) is 4.79 Å². The van der Waals surface area contributed by atoms with Gasteiger partial charge >= 0.3 is 5.97 Å². The van der Waals surface area contributed by atoms with E-state index in [1.54, 1.807) is 7.05 Å². The molecule has 0 aromatic rings. The molecule has 1 atom stereocenters. The number of esters is 1. The van der Waals surface area contributed by atoms with Gasteiger partial charge in [-0.2, -0.15) is 0 Å². The number of hydrogen-bond acceptors (Lipinski definition) is 5. The Morgan fingerprint density at radius 2 is 2.42 bits per heavy atom. The SMILES string of the molecule is C=CC(=O)OC(COC)ONC. The molecule has 0 amide bonds. The zero-order valence-electron chi connectivity index (χ0n) is 7.20. The van der Waals surface area contributed by atoms with E-state index < -0.39 is 12.3 Å². The molecule has 0 aliphatic heterocycles. The van der Waals surface area contributed by atoms with Gasteiger partial charge in [0.05, 0.1) is 0 Å². The van der Waals surface area contributed by atoms with Gasteiger partial charge in [-0.25, -0.2) is 10.3 Å². The summed E-state index contributed by atoms with van der Waals surface area (Å²) in [5, 5.41) is 0. The summed E-state index contributed by atoms with van der Waals surface area (Å²) in [6.07, 6.45) is 0.312. The van der Waals surface area contributed by atoms with Crippen LogP contribution in [-0.2, 0) is 19.1 Å². The zero-order chi connectivity index (χ0) is 9.40. The highest BCUT2D eigenvalue weighted by Gasteiger charge is 2.11. The van der Waals surface area contributed by atoms with Crippen molar-refractivity contribution in [1.29, 1.82) is 0 Å².